The predicted octanol–water partition coefficient (Wildman–Crippen LogP) is 3.50. The summed E-state index contributed by atoms with van der Waals surface area (Å²) in [4.78, 5) is 0. The normalized spacial score (nSPS) is 22.4. The average Bonchev–Trinajstić information content (AvgIpc) is 3.24. The second-order valence-corrected chi connectivity index (χ2v) is 7.73. The highest BCUT2D eigenvalue weighted by molar-refractivity contribution is 6.63. The van der Waals surface area contributed by atoms with E-state index in [9.17, 15) is 0 Å². The molecule has 0 N–H and O–H groups in total. The van der Waals surface area contributed by atoms with Gasteiger partial charge in [-0.1, -0.05) is 11.6 Å². The molecule has 0 bridgehead atoms. The topological polar surface area (TPSA) is 36.9 Å². The van der Waals surface area contributed by atoms with Crippen LogP contribution in [0.2, 0.25) is 5.02 Å². The molecule has 1 aliphatic heterocycles. The third-order valence-corrected chi connectivity index (χ3v) is 5.28. The first-order valence-electron chi connectivity index (χ1n) is 8.06. The van der Waals surface area contributed by atoms with Gasteiger partial charge in [0.2, 0.25) is 0 Å². The van der Waals surface area contributed by atoms with Crippen LogP contribution in [0, 0.1) is 0 Å². The number of hydrogen-bond acceptors (Lipinski definition) is 4. The Labute approximate surface area is 143 Å². The van der Waals surface area contributed by atoms with Crippen molar-refractivity contribution in [2.75, 3.05) is 13.9 Å². The lowest BCUT2D eigenvalue weighted by molar-refractivity contribution is 0.00578. The van der Waals surface area contributed by atoms with E-state index in [1.165, 1.54) is 0 Å². The first-order chi connectivity index (χ1) is 10.7. The van der Waals surface area contributed by atoms with Crippen LogP contribution in [0.4, 0.5) is 0 Å². The summed E-state index contributed by atoms with van der Waals surface area (Å²) in [5.41, 5.74) is 1.35. The van der Waals surface area contributed by atoms with Crippen molar-refractivity contribution in [1.29, 1.82) is 0 Å². The standard InChI is InChI=1S/C17H24BClO4/c1-16(2)17(3,4)23-18(22-16)13-8-12(21-10-20-5)9-14(19)15(13)11-6-7-11/h8-9,11H,6-7,10H2,1-5H3. The maximum Gasteiger partial charge on any atom is 0.495 e. The molecule has 0 atom stereocenters. The molecule has 0 radical (unpaired) electrons. The second-order valence-electron chi connectivity index (χ2n) is 7.32. The summed E-state index contributed by atoms with van der Waals surface area (Å²) in [6.45, 7) is 8.39. The Morgan fingerprint density at radius 3 is 2.30 bits per heavy atom. The molecule has 2 aliphatic rings. The second kappa shape index (κ2) is 5.96. The van der Waals surface area contributed by atoms with Gasteiger partial charge < -0.3 is 18.8 Å². The largest absolute Gasteiger partial charge is 0.495 e. The fourth-order valence-electron chi connectivity index (χ4n) is 2.79. The summed E-state index contributed by atoms with van der Waals surface area (Å²) in [6, 6.07) is 3.82. The highest BCUT2D eigenvalue weighted by Gasteiger charge is 2.53. The molecule has 0 spiro atoms. The lowest BCUT2D eigenvalue weighted by atomic mass is 9.74. The fraction of sp³-hybridized carbons (Fsp3) is 0.647. The van der Waals surface area contributed by atoms with Gasteiger partial charge in [0.25, 0.3) is 0 Å². The first kappa shape index (κ1) is 17.1. The molecule has 1 aromatic rings. The van der Waals surface area contributed by atoms with Crippen LogP contribution in [-0.4, -0.2) is 32.2 Å². The zero-order valence-electron chi connectivity index (χ0n) is 14.4. The molecule has 23 heavy (non-hydrogen) atoms. The summed E-state index contributed by atoms with van der Waals surface area (Å²) in [5.74, 6) is 1.17. The molecule has 2 fully saturated rings. The van der Waals surface area contributed by atoms with Gasteiger partial charge in [-0.2, -0.15) is 0 Å². The number of hydrogen-bond donors (Lipinski definition) is 0. The van der Waals surface area contributed by atoms with Gasteiger partial charge in [0, 0.05) is 12.1 Å². The van der Waals surface area contributed by atoms with Gasteiger partial charge in [-0.15, -0.1) is 0 Å². The molecular formula is C17H24BClO4. The Balaban J connectivity index is 1.98. The van der Waals surface area contributed by atoms with E-state index in [0.29, 0.717) is 16.7 Å². The third kappa shape index (κ3) is 3.25. The molecule has 126 valence electrons. The SMILES string of the molecule is COCOc1cc(Cl)c(C2CC2)c(B2OC(C)(C)C(C)(C)O2)c1. The van der Waals surface area contributed by atoms with Crippen LogP contribution in [0.1, 0.15) is 52.0 Å². The van der Waals surface area contributed by atoms with Crippen molar-refractivity contribution in [3.05, 3.63) is 22.7 Å². The van der Waals surface area contributed by atoms with Gasteiger partial charge in [0.1, 0.15) is 5.75 Å². The zero-order valence-corrected chi connectivity index (χ0v) is 15.2. The highest BCUT2D eigenvalue weighted by atomic mass is 35.5. The molecule has 1 aliphatic carbocycles. The molecule has 3 rings (SSSR count). The Morgan fingerprint density at radius 2 is 1.78 bits per heavy atom. The molecule has 6 heteroatoms. The van der Waals surface area contributed by atoms with Crippen LogP contribution < -0.4 is 10.2 Å². The quantitative estimate of drug-likeness (QED) is 0.608. The molecule has 1 saturated carbocycles. The maximum atomic E-state index is 6.54. The predicted molar refractivity (Wildman–Crippen MR) is 91.6 cm³/mol. The minimum absolute atomic E-state index is 0.182. The van der Waals surface area contributed by atoms with E-state index in [4.69, 9.17) is 30.4 Å². The lowest BCUT2D eigenvalue weighted by Crippen LogP contribution is -2.41. The molecule has 0 aromatic heterocycles. The molecule has 0 amide bonds. The van der Waals surface area contributed by atoms with Crippen molar-refractivity contribution >= 4 is 24.2 Å². The van der Waals surface area contributed by atoms with E-state index >= 15 is 0 Å². The summed E-state index contributed by atoms with van der Waals surface area (Å²) in [5, 5.41) is 0.714. The van der Waals surface area contributed by atoms with Gasteiger partial charge in [-0.05, 0) is 69.6 Å². The van der Waals surface area contributed by atoms with Crippen LogP contribution in [0.3, 0.4) is 0 Å². The van der Waals surface area contributed by atoms with E-state index in [1.807, 2.05) is 12.1 Å². The number of methoxy groups -OCH3 is 1. The number of benzene rings is 1. The van der Waals surface area contributed by atoms with Crippen LogP contribution >= 0.6 is 11.6 Å². The summed E-state index contributed by atoms with van der Waals surface area (Å²) < 4.78 is 23.0. The Kier molecular flexibility index (Phi) is 4.43. The Morgan fingerprint density at radius 1 is 1.17 bits per heavy atom. The minimum atomic E-state index is -0.431. The molecule has 1 heterocycles. The monoisotopic (exact) mass is 338 g/mol. The molecule has 1 saturated heterocycles. The van der Waals surface area contributed by atoms with Gasteiger partial charge in [0.05, 0.1) is 11.2 Å². The van der Waals surface area contributed by atoms with Crippen molar-refractivity contribution in [2.45, 2.75) is 57.7 Å². The molecule has 4 nitrogen and oxygen atoms in total. The molecule has 1 aromatic carbocycles. The van der Waals surface area contributed by atoms with Crippen molar-refractivity contribution in [3.63, 3.8) is 0 Å². The summed E-state index contributed by atoms with van der Waals surface area (Å²) in [6.07, 6.45) is 2.31. The van der Waals surface area contributed by atoms with Crippen molar-refractivity contribution in [1.82, 2.24) is 0 Å². The number of rotatable bonds is 5. The fourth-order valence-corrected chi connectivity index (χ4v) is 3.16. The lowest BCUT2D eigenvalue weighted by Gasteiger charge is -2.32. The Hall–Kier alpha value is -0.745. The van der Waals surface area contributed by atoms with Crippen LogP contribution in [0.15, 0.2) is 12.1 Å². The van der Waals surface area contributed by atoms with Gasteiger partial charge in [-0.3, -0.25) is 0 Å². The van der Waals surface area contributed by atoms with E-state index in [2.05, 4.69) is 27.7 Å². The molecular weight excluding hydrogens is 314 g/mol. The zero-order chi connectivity index (χ0) is 16.8. The number of halogens is 1. The summed E-state index contributed by atoms with van der Waals surface area (Å²) in [7, 11) is 1.16. The first-order valence-corrected chi connectivity index (χ1v) is 8.43. The van der Waals surface area contributed by atoms with E-state index in [1.54, 1.807) is 7.11 Å². The smallest absolute Gasteiger partial charge is 0.468 e. The Bertz CT molecular complexity index is 583. The summed E-state index contributed by atoms with van der Waals surface area (Å²) >= 11 is 6.54. The van der Waals surface area contributed by atoms with Gasteiger partial charge in [0.15, 0.2) is 6.79 Å². The average molecular weight is 339 g/mol. The van der Waals surface area contributed by atoms with Crippen molar-refractivity contribution in [3.8, 4) is 5.75 Å². The van der Waals surface area contributed by atoms with Crippen LogP contribution in [0.5, 0.6) is 5.75 Å². The number of ether oxygens (including phenoxy) is 2. The van der Waals surface area contributed by atoms with Crippen LogP contribution in [-0.2, 0) is 14.0 Å². The van der Waals surface area contributed by atoms with E-state index in [-0.39, 0.29) is 18.0 Å². The van der Waals surface area contributed by atoms with E-state index < -0.39 is 7.12 Å². The van der Waals surface area contributed by atoms with Gasteiger partial charge in [-0.25, -0.2) is 0 Å². The van der Waals surface area contributed by atoms with Crippen LogP contribution in [0.25, 0.3) is 0 Å². The molecule has 0 unspecified atom stereocenters. The van der Waals surface area contributed by atoms with E-state index in [0.717, 1.165) is 23.9 Å². The van der Waals surface area contributed by atoms with Crippen molar-refractivity contribution < 1.29 is 18.8 Å². The van der Waals surface area contributed by atoms with Gasteiger partial charge >= 0.3 is 7.12 Å². The third-order valence-electron chi connectivity index (χ3n) is 4.97. The van der Waals surface area contributed by atoms with Crippen molar-refractivity contribution in [2.24, 2.45) is 0 Å². The maximum absolute atomic E-state index is 6.54. The minimum Gasteiger partial charge on any atom is -0.468 e. The highest BCUT2D eigenvalue weighted by Crippen LogP contribution is 2.45.